The van der Waals surface area contributed by atoms with E-state index in [2.05, 4.69) is 63.9 Å². The van der Waals surface area contributed by atoms with E-state index in [-0.39, 0.29) is 11.6 Å². The smallest absolute Gasteiger partial charge is 0.143 e. The average Bonchev–Trinajstić information content (AvgIpc) is 3.00. The molecule has 41 heavy (non-hydrogen) atoms. The van der Waals surface area contributed by atoms with E-state index >= 15 is 4.39 Å². The Bertz CT molecular complexity index is 1300. The zero-order valence-electron chi connectivity index (χ0n) is 24.7. The van der Waals surface area contributed by atoms with Crippen LogP contribution < -0.4 is 0 Å². The topological polar surface area (TPSA) is 20.2 Å². The Hall–Kier alpha value is -1.65. The third-order valence-corrected chi connectivity index (χ3v) is 11.3. The van der Waals surface area contributed by atoms with Crippen molar-refractivity contribution in [3.63, 3.8) is 0 Å². The summed E-state index contributed by atoms with van der Waals surface area (Å²) in [4.78, 5) is 0. The van der Waals surface area contributed by atoms with E-state index in [4.69, 9.17) is 0 Å². The molecule has 5 rings (SSSR count). The lowest BCUT2D eigenvalue weighted by molar-refractivity contribution is 0.155. The van der Waals surface area contributed by atoms with Gasteiger partial charge >= 0.3 is 0 Å². The molecule has 1 N–H and O–H groups in total. The van der Waals surface area contributed by atoms with Crippen molar-refractivity contribution in [1.82, 2.24) is 0 Å². The van der Waals surface area contributed by atoms with Crippen molar-refractivity contribution in [3.8, 4) is 28.0 Å². The largest absolute Gasteiger partial charge is 0.506 e. The number of hydrogen-bond donors (Lipinski definition) is 1. The molecular weight excluding hydrogens is 639 g/mol. The minimum atomic E-state index is -0.115. The second-order valence-corrected chi connectivity index (χ2v) is 14.4. The summed E-state index contributed by atoms with van der Waals surface area (Å²) in [5, 5.41) is 10.1. The van der Waals surface area contributed by atoms with E-state index in [9.17, 15) is 5.11 Å². The molecular formula is C37H45Br2FO. The second kappa shape index (κ2) is 14.2. The number of rotatable bonds is 9. The lowest BCUT2D eigenvalue weighted by Gasteiger charge is -2.38. The van der Waals surface area contributed by atoms with E-state index in [0.29, 0.717) is 20.4 Å². The molecule has 2 saturated carbocycles. The molecule has 0 amide bonds. The summed E-state index contributed by atoms with van der Waals surface area (Å²) < 4.78 is 16.9. The summed E-state index contributed by atoms with van der Waals surface area (Å²) in [5.41, 5.74) is 6.03. The third kappa shape index (κ3) is 7.29. The Balaban J connectivity index is 1.22. The fourth-order valence-electron chi connectivity index (χ4n) is 7.63. The van der Waals surface area contributed by atoms with Gasteiger partial charge in [0.2, 0.25) is 0 Å². The number of unbranched alkanes of at least 4 members (excludes halogenated alkanes) is 2. The first kappa shape index (κ1) is 30.8. The highest BCUT2D eigenvalue weighted by Crippen LogP contribution is 2.45. The number of aromatic hydroxyl groups is 1. The van der Waals surface area contributed by atoms with Crippen molar-refractivity contribution in [1.29, 1.82) is 0 Å². The lowest BCUT2D eigenvalue weighted by atomic mass is 9.68. The minimum Gasteiger partial charge on any atom is -0.506 e. The molecule has 0 atom stereocenters. The van der Waals surface area contributed by atoms with Crippen LogP contribution in [0.4, 0.5) is 4.39 Å². The molecule has 0 unspecified atom stereocenters. The van der Waals surface area contributed by atoms with Crippen molar-refractivity contribution < 1.29 is 9.50 Å². The van der Waals surface area contributed by atoms with Crippen LogP contribution in [0.2, 0.25) is 0 Å². The van der Waals surface area contributed by atoms with Crippen LogP contribution in [-0.4, -0.2) is 5.11 Å². The van der Waals surface area contributed by atoms with E-state index in [1.807, 2.05) is 30.3 Å². The molecule has 3 aromatic carbocycles. The number of benzene rings is 3. The zero-order chi connectivity index (χ0) is 28.9. The Morgan fingerprint density at radius 2 is 1.37 bits per heavy atom. The van der Waals surface area contributed by atoms with Gasteiger partial charge in [-0.15, -0.1) is 0 Å². The summed E-state index contributed by atoms with van der Waals surface area (Å²) in [6.45, 7) is 4.43. The van der Waals surface area contributed by atoms with Crippen molar-refractivity contribution in [2.45, 2.75) is 103 Å². The first-order chi connectivity index (χ1) is 19.9. The van der Waals surface area contributed by atoms with Crippen LogP contribution in [0.5, 0.6) is 5.75 Å². The number of halogens is 3. The average molecular weight is 685 g/mol. The van der Waals surface area contributed by atoms with Gasteiger partial charge in [-0.05, 0) is 146 Å². The molecule has 0 bridgehead atoms. The number of hydrogen-bond acceptors (Lipinski definition) is 1. The van der Waals surface area contributed by atoms with Gasteiger partial charge in [-0.1, -0.05) is 82.7 Å². The van der Waals surface area contributed by atoms with Gasteiger partial charge in [0, 0.05) is 5.56 Å². The molecule has 220 valence electrons. The molecule has 0 heterocycles. The Morgan fingerprint density at radius 1 is 0.732 bits per heavy atom. The molecule has 2 fully saturated rings. The van der Waals surface area contributed by atoms with Crippen molar-refractivity contribution in [2.24, 2.45) is 17.8 Å². The minimum absolute atomic E-state index is 0.115. The predicted molar refractivity (Wildman–Crippen MR) is 178 cm³/mol. The van der Waals surface area contributed by atoms with Crippen molar-refractivity contribution in [2.75, 3.05) is 0 Å². The van der Waals surface area contributed by atoms with Crippen LogP contribution >= 0.6 is 31.9 Å². The van der Waals surface area contributed by atoms with E-state index in [1.54, 1.807) is 0 Å². The summed E-state index contributed by atoms with van der Waals surface area (Å²) in [6.07, 6.45) is 17.2. The van der Waals surface area contributed by atoms with Gasteiger partial charge in [0.15, 0.2) is 0 Å². The normalized spacial score (nSPS) is 23.0. The predicted octanol–water partition coefficient (Wildman–Crippen LogP) is 12.6. The van der Waals surface area contributed by atoms with Crippen LogP contribution in [0.15, 0.2) is 57.5 Å². The Kier molecular flexibility index (Phi) is 10.7. The fraction of sp³-hybridized carbons (Fsp3) is 0.514. The van der Waals surface area contributed by atoms with Crippen LogP contribution in [0.1, 0.15) is 108 Å². The van der Waals surface area contributed by atoms with Crippen LogP contribution in [-0.2, 0) is 6.42 Å². The maximum absolute atomic E-state index is 15.6. The van der Waals surface area contributed by atoms with Gasteiger partial charge in [-0.3, -0.25) is 0 Å². The molecule has 0 radical (unpaired) electrons. The molecule has 3 aromatic rings. The highest BCUT2D eigenvalue weighted by Gasteiger charge is 2.31. The van der Waals surface area contributed by atoms with Crippen LogP contribution in [0, 0.1) is 23.6 Å². The fourth-order valence-corrected chi connectivity index (χ4v) is 8.82. The molecule has 4 heteroatoms. The zero-order valence-corrected chi connectivity index (χ0v) is 27.9. The number of aryl methyl sites for hydroxylation is 1. The standard InChI is InChI=1S/C37H45Br2FO/c1-3-5-6-7-24-8-10-26(11-9-24)27-12-14-28(15-13-27)29-16-19-33(36(40)23-29)30-17-18-32(25(4-2)20-30)31-21-34(38)37(41)35(39)22-31/h16-24,26-28,41H,3-15H2,1-2H3. The second-order valence-electron chi connectivity index (χ2n) is 12.6. The monoisotopic (exact) mass is 682 g/mol. The van der Waals surface area contributed by atoms with E-state index in [1.165, 1.54) is 82.6 Å². The summed E-state index contributed by atoms with van der Waals surface area (Å²) in [7, 11) is 0. The highest BCUT2D eigenvalue weighted by molar-refractivity contribution is 9.11. The highest BCUT2D eigenvalue weighted by atomic mass is 79.9. The Morgan fingerprint density at radius 3 is 1.98 bits per heavy atom. The first-order valence-corrected chi connectivity index (χ1v) is 17.6. The summed E-state index contributed by atoms with van der Waals surface area (Å²) in [6, 6.07) is 16.1. The van der Waals surface area contributed by atoms with Gasteiger partial charge in [0.05, 0.1) is 8.95 Å². The Labute approximate surface area is 263 Å². The maximum atomic E-state index is 15.6. The first-order valence-electron chi connectivity index (χ1n) is 16.0. The summed E-state index contributed by atoms with van der Waals surface area (Å²) >= 11 is 6.89. The van der Waals surface area contributed by atoms with Gasteiger partial charge in [0.25, 0.3) is 0 Å². The van der Waals surface area contributed by atoms with Gasteiger partial charge in [-0.2, -0.15) is 0 Å². The van der Waals surface area contributed by atoms with E-state index < -0.39 is 0 Å². The molecule has 2 aliphatic carbocycles. The van der Waals surface area contributed by atoms with Crippen LogP contribution in [0.25, 0.3) is 22.3 Å². The molecule has 0 aromatic heterocycles. The maximum Gasteiger partial charge on any atom is 0.143 e. The number of phenols is 1. The SMILES string of the molecule is CCCCCC1CCC(C2CCC(c3ccc(-c4ccc(-c5cc(Br)c(O)c(Br)c5)c(CC)c4)c(F)c3)CC2)CC1. The van der Waals surface area contributed by atoms with Gasteiger partial charge in [-0.25, -0.2) is 4.39 Å². The van der Waals surface area contributed by atoms with Gasteiger partial charge < -0.3 is 5.11 Å². The molecule has 0 aliphatic heterocycles. The van der Waals surface area contributed by atoms with Gasteiger partial charge in [0.1, 0.15) is 11.6 Å². The quantitative estimate of drug-likeness (QED) is 0.223. The van der Waals surface area contributed by atoms with E-state index in [0.717, 1.165) is 46.4 Å². The molecule has 0 spiro atoms. The molecule has 1 nitrogen and oxygen atoms in total. The summed E-state index contributed by atoms with van der Waals surface area (Å²) in [5.74, 6) is 3.36. The number of phenolic OH excluding ortho intramolecular Hbond substituents is 1. The van der Waals surface area contributed by atoms with Crippen molar-refractivity contribution in [3.05, 3.63) is 74.4 Å². The third-order valence-electron chi connectivity index (χ3n) is 10.1. The lowest BCUT2D eigenvalue weighted by Crippen LogP contribution is -2.25. The molecule has 2 aliphatic rings. The van der Waals surface area contributed by atoms with Crippen LogP contribution in [0.3, 0.4) is 0 Å². The van der Waals surface area contributed by atoms with Crippen molar-refractivity contribution >= 4 is 31.9 Å². The molecule has 0 saturated heterocycles.